The van der Waals surface area contributed by atoms with Gasteiger partial charge in [0.15, 0.2) is 11.6 Å². The average Bonchev–Trinajstić information content (AvgIpc) is 2.69. The minimum absolute atomic E-state index is 0.0220. The molecule has 3 rings (SSSR count). The van der Waals surface area contributed by atoms with Crippen molar-refractivity contribution < 1.29 is 23.1 Å². The molecule has 168 valence electrons. The van der Waals surface area contributed by atoms with E-state index < -0.39 is 29.0 Å². The fourth-order valence-corrected chi connectivity index (χ4v) is 4.26. The van der Waals surface area contributed by atoms with E-state index in [1.54, 1.807) is 6.07 Å². The van der Waals surface area contributed by atoms with Gasteiger partial charge in [0.25, 0.3) is 5.91 Å². The summed E-state index contributed by atoms with van der Waals surface area (Å²) in [7, 11) is 0. The number of halogens is 4. The van der Waals surface area contributed by atoms with Gasteiger partial charge in [0.1, 0.15) is 11.4 Å². The SMILES string of the molecule is CCCC(C)NCC1(O)CN(C(=O)c2ccc(F)c(F)c2Cc2ccc(I)cc2F)C1. The van der Waals surface area contributed by atoms with Gasteiger partial charge in [-0.2, -0.15) is 0 Å². The number of carbonyl (C=O) groups excluding carboxylic acids is 1. The van der Waals surface area contributed by atoms with Gasteiger partial charge in [0.2, 0.25) is 0 Å². The first-order valence-corrected chi connectivity index (χ1v) is 11.4. The standard InChI is InChI=1S/C23H26F3IN2O2/c1-3-4-14(2)28-11-23(31)12-29(13-23)22(30)17-7-8-19(24)21(26)18(17)9-15-5-6-16(27)10-20(15)25/h5-8,10,14,28,31H,3-4,9,11-13H2,1-2H3. The summed E-state index contributed by atoms with van der Waals surface area (Å²) in [5, 5.41) is 13.9. The van der Waals surface area contributed by atoms with Gasteiger partial charge < -0.3 is 15.3 Å². The number of β-amino-alcohol motifs (C(OH)–C–C–N with tert-alkyl or cyclic N) is 1. The Kier molecular flexibility index (Phi) is 7.64. The number of hydrogen-bond donors (Lipinski definition) is 2. The van der Waals surface area contributed by atoms with E-state index in [0.29, 0.717) is 10.1 Å². The van der Waals surface area contributed by atoms with Crippen LogP contribution in [0.3, 0.4) is 0 Å². The number of carbonyl (C=O) groups is 1. The van der Waals surface area contributed by atoms with E-state index in [1.165, 1.54) is 23.1 Å². The van der Waals surface area contributed by atoms with E-state index in [4.69, 9.17) is 0 Å². The number of benzene rings is 2. The van der Waals surface area contributed by atoms with Gasteiger partial charge in [-0.25, -0.2) is 13.2 Å². The molecule has 0 aliphatic carbocycles. The van der Waals surface area contributed by atoms with Gasteiger partial charge in [-0.3, -0.25) is 4.79 Å². The van der Waals surface area contributed by atoms with Crippen LogP contribution < -0.4 is 5.32 Å². The smallest absolute Gasteiger partial charge is 0.254 e. The Morgan fingerprint density at radius 1 is 1.23 bits per heavy atom. The van der Waals surface area contributed by atoms with E-state index in [1.807, 2.05) is 29.5 Å². The van der Waals surface area contributed by atoms with E-state index in [-0.39, 0.29) is 42.2 Å². The average molecular weight is 546 g/mol. The number of likely N-dealkylation sites (tertiary alicyclic amines) is 1. The first-order chi connectivity index (χ1) is 14.6. The first kappa shape index (κ1) is 24.0. The highest BCUT2D eigenvalue weighted by atomic mass is 127. The lowest BCUT2D eigenvalue weighted by molar-refractivity contribution is -0.0797. The molecule has 1 heterocycles. The van der Waals surface area contributed by atoms with Crippen molar-refractivity contribution in [2.75, 3.05) is 19.6 Å². The van der Waals surface area contributed by atoms with Gasteiger partial charge >= 0.3 is 0 Å². The zero-order valence-electron chi connectivity index (χ0n) is 17.5. The second kappa shape index (κ2) is 9.87. The Morgan fingerprint density at radius 2 is 1.94 bits per heavy atom. The van der Waals surface area contributed by atoms with E-state index in [9.17, 15) is 23.1 Å². The summed E-state index contributed by atoms with van der Waals surface area (Å²) in [6, 6.07) is 6.84. The van der Waals surface area contributed by atoms with Crippen molar-refractivity contribution in [1.82, 2.24) is 10.2 Å². The third-order valence-electron chi connectivity index (χ3n) is 5.57. The normalized spacial score (nSPS) is 16.2. The molecule has 0 bridgehead atoms. The van der Waals surface area contributed by atoms with Gasteiger partial charge in [-0.05, 0) is 65.8 Å². The minimum atomic E-state index is -1.16. The lowest BCUT2D eigenvalue weighted by Gasteiger charge is -2.47. The first-order valence-electron chi connectivity index (χ1n) is 10.3. The Balaban J connectivity index is 1.76. The molecule has 0 saturated carbocycles. The molecule has 2 aromatic rings. The zero-order chi connectivity index (χ0) is 22.8. The van der Waals surface area contributed by atoms with Crippen LogP contribution in [-0.4, -0.2) is 47.2 Å². The third kappa shape index (κ3) is 5.59. The monoisotopic (exact) mass is 546 g/mol. The Hall–Kier alpha value is -1.65. The van der Waals surface area contributed by atoms with E-state index in [0.717, 1.165) is 18.9 Å². The summed E-state index contributed by atoms with van der Waals surface area (Å²) >= 11 is 1.96. The highest BCUT2D eigenvalue weighted by Gasteiger charge is 2.44. The number of nitrogens with zero attached hydrogens (tertiary/aromatic N) is 1. The van der Waals surface area contributed by atoms with Crippen molar-refractivity contribution in [3.8, 4) is 0 Å². The summed E-state index contributed by atoms with van der Waals surface area (Å²) in [5.74, 6) is -3.30. The Labute approximate surface area is 194 Å². The van der Waals surface area contributed by atoms with Gasteiger partial charge in [-0.15, -0.1) is 0 Å². The number of amides is 1. The van der Waals surface area contributed by atoms with Crippen LogP contribution in [0, 0.1) is 21.0 Å². The summed E-state index contributed by atoms with van der Waals surface area (Å²) in [4.78, 5) is 14.4. The van der Waals surface area contributed by atoms with E-state index in [2.05, 4.69) is 12.2 Å². The molecule has 1 unspecified atom stereocenters. The minimum Gasteiger partial charge on any atom is -0.385 e. The van der Waals surface area contributed by atoms with Crippen LogP contribution in [0.1, 0.15) is 48.2 Å². The number of rotatable bonds is 8. The van der Waals surface area contributed by atoms with Crippen LogP contribution in [-0.2, 0) is 6.42 Å². The van der Waals surface area contributed by atoms with Crippen LogP contribution in [0.25, 0.3) is 0 Å². The maximum atomic E-state index is 14.6. The predicted octanol–water partition coefficient (Wildman–Crippen LogP) is 4.26. The second-order valence-electron chi connectivity index (χ2n) is 8.26. The zero-order valence-corrected chi connectivity index (χ0v) is 19.7. The summed E-state index contributed by atoms with van der Waals surface area (Å²) < 4.78 is 43.5. The molecule has 0 aromatic heterocycles. The molecule has 0 radical (unpaired) electrons. The lowest BCUT2D eigenvalue weighted by Crippen LogP contribution is -2.67. The molecular weight excluding hydrogens is 520 g/mol. The molecule has 1 aliphatic rings. The number of nitrogens with one attached hydrogen (secondary N) is 1. The molecule has 1 atom stereocenters. The fraction of sp³-hybridized carbons (Fsp3) is 0.435. The molecule has 8 heteroatoms. The molecule has 2 N–H and O–H groups in total. The maximum Gasteiger partial charge on any atom is 0.254 e. The van der Waals surface area contributed by atoms with Crippen LogP contribution in [0.15, 0.2) is 30.3 Å². The Bertz CT molecular complexity index is 964. The molecule has 4 nitrogen and oxygen atoms in total. The second-order valence-corrected chi connectivity index (χ2v) is 9.50. The number of aliphatic hydroxyl groups is 1. The van der Waals surface area contributed by atoms with Crippen molar-refractivity contribution in [3.63, 3.8) is 0 Å². The quantitative estimate of drug-likeness (QED) is 0.487. The van der Waals surface area contributed by atoms with E-state index >= 15 is 0 Å². The topological polar surface area (TPSA) is 52.6 Å². The summed E-state index contributed by atoms with van der Waals surface area (Å²) in [5.41, 5.74) is -1.09. The van der Waals surface area contributed by atoms with Crippen LogP contribution in [0.2, 0.25) is 0 Å². The molecule has 31 heavy (non-hydrogen) atoms. The van der Waals surface area contributed by atoms with Crippen molar-refractivity contribution in [2.45, 2.75) is 44.8 Å². The van der Waals surface area contributed by atoms with Gasteiger partial charge in [-0.1, -0.05) is 19.4 Å². The fourth-order valence-electron chi connectivity index (χ4n) is 3.81. The van der Waals surface area contributed by atoms with Crippen LogP contribution in [0.5, 0.6) is 0 Å². The molecule has 0 spiro atoms. The maximum absolute atomic E-state index is 14.6. The van der Waals surface area contributed by atoms with Crippen molar-refractivity contribution in [1.29, 1.82) is 0 Å². The summed E-state index contributed by atoms with van der Waals surface area (Å²) in [6.07, 6.45) is 1.75. The molecule has 2 aromatic carbocycles. The molecule has 1 amide bonds. The van der Waals surface area contributed by atoms with Crippen molar-refractivity contribution >= 4 is 28.5 Å². The largest absolute Gasteiger partial charge is 0.385 e. The predicted molar refractivity (Wildman–Crippen MR) is 122 cm³/mol. The van der Waals surface area contributed by atoms with Crippen molar-refractivity contribution in [2.24, 2.45) is 0 Å². The Morgan fingerprint density at radius 3 is 2.58 bits per heavy atom. The molecule has 1 saturated heterocycles. The molecule has 1 fully saturated rings. The van der Waals surface area contributed by atoms with Crippen molar-refractivity contribution in [3.05, 3.63) is 68.0 Å². The van der Waals surface area contributed by atoms with Crippen LogP contribution >= 0.6 is 22.6 Å². The lowest BCUT2D eigenvalue weighted by atomic mass is 9.91. The number of hydrogen-bond acceptors (Lipinski definition) is 3. The summed E-state index contributed by atoms with van der Waals surface area (Å²) in [6.45, 7) is 4.64. The molecular formula is C23H26F3IN2O2. The highest BCUT2D eigenvalue weighted by Crippen LogP contribution is 2.28. The van der Waals surface area contributed by atoms with Crippen LogP contribution in [0.4, 0.5) is 13.2 Å². The third-order valence-corrected chi connectivity index (χ3v) is 6.24. The molecule has 1 aliphatic heterocycles. The van der Waals surface area contributed by atoms with Gasteiger partial charge in [0.05, 0.1) is 13.1 Å². The van der Waals surface area contributed by atoms with Gasteiger partial charge in [0, 0.05) is 33.7 Å². The highest BCUT2D eigenvalue weighted by molar-refractivity contribution is 14.1.